The number of rotatable bonds is 2. The van der Waals surface area contributed by atoms with Crippen LogP contribution in [0.25, 0.3) is 0 Å². The molecule has 0 spiro atoms. The third kappa shape index (κ3) is 2.61. The maximum atomic E-state index is 6.11. The van der Waals surface area contributed by atoms with Crippen LogP contribution in [0, 0.1) is 6.92 Å². The van der Waals surface area contributed by atoms with Crippen LogP contribution in [0.1, 0.15) is 37.9 Å². The minimum absolute atomic E-state index is 0.277. The van der Waals surface area contributed by atoms with Gasteiger partial charge < -0.3 is 5.73 Å². The molecule has 94 valence electrons. The first-order chi connectivity index (χ1) is 8.09. The van der Waals surface area contributed by atoms with Gasteiger partial charge in [-0.2, -0.15) is 0 Å². The fourth-order valence-electron chi connectivity index (χ4n) is 2.26. The van der Waals surface area contributed by atoms with Crippen LogP contribution in [0.4, 0.5) is 11.5 Å². The number of nitrogens with zero attached hydrogens (tertiary/aromatic N) is 3. The first kappa shape index (κ1) is 12.4. The Labute approximate surface area is 106 Å². The van der Waals surface area contributed by atoms with Gasteiger partial charge in [-0.25, -0.2) is 15.8 Å². The van der Waals surface area contributed by atoms with E-state index in [0.29, 0.717) is 23.4 Å². The Bertz CT molecular complexity index is 403. The molecule has 6 heteroatoms. The third-order valence-corrected chi connectivity index (χ3v) is 3.49. The van der Waals surface area contributed by atoms with E-state index in [9.17, 15) is 0 Å². The number of nitrogens with two attached hydrogens (primary N) is 2. The summed E-state index contributed by atoms with van der Waals surface area (Å²) in [5.41, 5.74) is 6.25. The Morgan fingerprint density at radius 2 is 1.88 bits per heavy atom. The van der Waals surface area contributed by atoms with Crippen LogP contribution in [-0.4, -0.2) is 16.0 Å². The molecule has 0 amide bonds. The van der Waals surface area contributed by atoms with Crippen molar-refractivity contribution in [3.63, 3.8) is 0 Å². The quantitative estimate of drug-likeness (QED) is 0.480. The average Bonchev–Trinajstić information content (AvgIpc) is 2.34. The van der Waals surface area contributed by atoms with Crippen molar-refractivity contribution in [2.45, 2.75) is 45.1 Å². The van der Waals surface area contributed by atoms with E-state index < -0.39 is 0 Å². The maximum Gasteiger partial charge on any atom is 0.171 e. The minimum atomic E-state index is 0.277. The monoisotopic (exact) mass is 255 g/mol. The number of aryl methyl sites for hydroxylation is 1. The summed E-state index contributed by atoms with van der Waals surface area (Å²) in [6.07, 6.45) is 5.85. The molecular weight excluding hydrogens is 238 g/mol. The molecule has 0 unspecified atom stereocenters. The van der Waals surface area contributed by atoms with E-state index in [4.69, 9.17) is 23.2 Å². The Kier molecular flexibility index (Phi) is 3.69. The van der Waals surface area contributed by atoms with Crippen molar-refractivity contribution >= 4 is 23.1 Å². The van der Waals surface area contributed by atoms with Crippen LogP contribution < -0.4 is 16.6 Å². The summed E-state index contributed by atoms with van der Waals surface area (Å²) in [6, 6.07) is 0.302. The van der Waals surface area contributed by atoms with E-state index in [2.05, 4.69) is 9.97 Å². The second kappa shape index (κ2) is 5.06. The molecule has 1 heterocycles. The summed E-state index contributed by atoms with van der Waals surface area (Å²) in [4.78, 5) is 8.30. The van der Waals surface area contributed by atoms with Gasteiger partial charge in [0, 0.05) is 6.04 Å². The van der Waals surface area contributed by atoms with E-state index in [1.807, 2.05) is 0 Å². The Morgan fingerprint density at radius 1 is 1.24 bits per heavy atom. The highest BCUT2D eigenvalue weighted by atomic mass is 35.5. The summed E-state index contributed by atoms with van der Waals surface area (Å²) < 4.78 is 0. The standard InChI is InChI=1S/C11H18ClN5/c1-7-15-10(12)9(13)11(16-7)17(14)8-5-3-2-4-6-8/h8H,2-6,13-14H2,1H3. The van der Waals surface area contributed by atoms with E-state index in [1.54, 1.807) is 11.9 Å². The first-order valence-corrected chi connectivity index (χ1v) is 6.31. The van der Waals surface area contributed by atoms with Crippen LogP contribution in [0.3, 0.4) is 0 Å². The van der Waals surface area contributed by atoms with E-state index >= 15 is 0 Å². The van der Waals surface area contributed by atoms with Crippen molar-refractivity contribution in [1.82, 2.24) is 9.97 Å². The number of aromatic nitrogens is 2. The van der Waals surface area contributed by atoms with Crippen LogP contribution in [-0.2, 0) is 0 Å². The topological polar surface area (TPSA) is 81.1 Å². The number of hydrazine groups is 1. The zero-order chi connectivity index (χ0) is 12.4. The number of halogens is 1. The highest BCUT2D eigenvalue weighted by molar-refractivity contribution is 6.32. The number of nitrogen functional groups attached to an aromatic ring is 1. The molecule has 1 aromatic rings. The molecule has 1 saturated carbocycles. The van der Waals surface area contributed by atoms with E-state index in [-0.39, 0.29) is 5.15 Å². The van der Waals surface area contributed by atoms with E-state index in [0.717, 1.165) is 12.8 Å². The number of hydrogen-bond donors (Lipinski definition) is 2. The summed E-state index contributed by atoms with van der Waals surface area (Å²) >= 11 is 5.94. The maximum absolute atomic E-state index is 6.11. The lowest BCUT2D eigenvalue weighted by molar-refractivity contribution is 0.416. The van der Waals surface area contributed by atoms with Crippen molar-refractivity contribution in [3.8, 4) is 0 Å². The Hall–Kier alpha value is -1.07. The van der Waals surface area contributed by atoms with Crippen LogP contribution >= 0.6 is 11.6 Å². The second-order valence-electron chi connectivity index (χ2n) is 4.50. The van der Waals surface area contributed by atoms with Crippen molar-refractivity contribution in [3.05, 3.63) is 11.0 Å². The predicted octanol–water partition coefficient (Wildman–Crippen LogP) is 2.03. The van der Waals surface area contributed by atoms with Crippen molar-refractivity contribution < 1.29 is 0 Å². The zero-order valence-electron chi connectivity index (χ0n) is 9.99. The molecule has 0 atom stereocenters. The predicted molar refractivity (Wildman–Crippen MR) is 69.7 cm³/mol. The normalized spacial score (nSPS) is 17.1. The molecule has 1 aromatic heterocycles. The fourth-order valence-corrected chi connectivity index (χ4v) is 2.47. The van der Waals surface area contributed by atoms with Gasteiger partial charge in [0.2, 0.25) is 0 Å². The summed E-state index contributed by atoms with van der Waals surface area (Å²) in [5.74, 6) is 7.25. The van der Waals surface area contributed by atoms with Gasteiger partial charge in [0.15, 0.2) is 11.0 Å². The van der Waals surface area contributed by atoms with Gasteiger partial charge >= 0.3 is 0 Å². The van der Waals surface area contributed by atoms with Gasteiger partial charge in [-0.1, -0.05) is 30.9 Å². The van der Waals surface area contributed by atoms with Crippen molar-refractivity contribution in [2.24, 2.45) is 5.84 Å². The molecule has 17 heavy (non-hydrogen) atoms. The molecule has 0 radical (unpaired) electrons. The number of anilines is 2. The Morgan fingerprint density at radius 3 is 2.53 bits per heavy atom. The molecule has 1 aliphatic carbocycles. The zero-order valence-corrected chi connectivity index (χ0v) is 10.7. The molecule has 0 aliphatic heterocycles. The molecular formula is C11H18ClN5. The first-order valence-electron chi connectivity index (χ1n) is 5.93. The summed E-state index contributed by atoms with van der Waals surface area (Å²) in [6.45, 7) is 1.78. The van der Waals surface area contributed by atoms with Crippen molar-refractivity contribution in [2.75, 3.05) is 10.7 Å². The van der Waals surface area contributed by atoms with Crippen LogP contribution in [0.5, 0.6) is 0 Å². The molecule has 0 aromatic carbocycles. The highest BCUT2D eigenvalue weighted by Gasteiger charge is 2.23. The van der Waals surface area contributed by atoms with Gasteiger partial charge in [0.05, 0.1) is 0 Å². The van der Waals surface area contributed by atoms with Crippen LogP contribution in [0.2, 0.25) is 5.15 Å². The largest absolute Gasteiger partial charge is 0.393 e. The van der Waals surface area contributed by atoms with Gasteiger partial charge in [-0.15, -0.1) is 0 Å². The molecule has 0 saturated heterocycles. The SMILES string of the molecule is Cc1nc(Cl)c(N)c(N(N)C2CCCCC2)n1. The lowest BCUT2D eigenvalue weighted by Crippen LogP contribution is -2.43. The lowest BCUT2D eigenvalue weighted by Gasteiger charge is -2.32. The van der Waals surface area contributed by atoms with E-state index in [1.165, 1.54) is 19.3 Å². The number of hydrogen-bond acceptors (Lipinski definition) is 5. The molecule has 1 aliphatic rings. The van der Waals surface area contributed by atoms with Gasteiger partial charge in [-0.05, 0) is 19.8 Å². The molecule has 2 rings (SSSR count). The second-order valence-corrected chi connectivity index (χ2v) is 4.86. The molecule has 0 bridgehead atoms. The van der Waals surface area contributed by atoms with Gasteiger partial charge in [-0.3, -0.25) is 5.01 Å². The Balaban J connectivity index is 2.26. The van der Waals surface area contributed by atoms with Crippen LogP contribution in [0.15, 0.2) is 0 Å². The highest BCUT2D eigenvalue weighted by Crippen LogP contribution is 2.30. The third-order valence-electron chi connectivity index (χ3n) is 3.20. The average molecular weight is 256 g/mol. The molecule has 5 nitrogen and oxygen atoms in total. The minimum Gasteiger partial charge on any atom is -0.393 e. The molecule has 1 fully saturated rings. The van der Waals surface area contributed by atoms with Crippen molar-refractivity contribution in [1.29, 1.82) is 0 Å². The fraction of sp³-hybridized carbons (Fsp3) is 0.636. The van der Waals surface area contributed by atoms with Gasteiger partial charge in [0.25, 0.3) is 0 Å². The summed E-state index contributed by atoms with van der Waals surface area (Å²) in [7, 11) is 0. The smallest absolute Gasteiger partial charge is 0.171 e. The van der Waals surface area contributed by atoms with Gasteiger partial charge in [0.1, 0.15) is 11.5 Å². The lowest BCUT2D eigenvalue weighted by atomic mass is 9.95. The summed E-state index contributed by atoms with van der Waals surface area (Å²) in [5, 5.41) is 1.94. The molecule has 4 N–H and O–H groups in total.